The molecule has 0 spiro atoms. The zero-order chi connectivity index (χ0) is 16.1. The highest BCUT2D eigenvalue weighted by Crippen LogP contribution is 2.08. The van der Waals surface area contributed by atoms with Crippen LogP contribution >= 0.6 is 0 Å². The Morgan fingerprint density at radius 3 is 2.50 bits per heavy atom. The van der Waals surface area contributed by atoms with Crippen molar-refractivity contribution in [2.45, 2.75) is 26.7 Å². The molecule has 1 aromatic carbocycles. The van der Waals surface area contributed by atoms with Crippen LogP contribution in [0.4, 0.5) is 4.39 Å². The molecule has 1 heterocycles. The van der Waals surface area contributed by atoms with Gasteiger partial charge in [-0.3, -0.25) is 4.79 Å². The van der Waals surface area contributed by atoms with Crippen LogP contribution in [0.5, 0.6) is 0 Å². The van der Waals surface area contributed by atoms with E-state index in [0.29, 0.717) is 17.8 Å². The molecular formula is C15H18FN5O. The summed E-state index contributed by atoms with van der Waals surface area (Å²) in [5.74, 6) is -0.0271. The molecule has 0 amide bonds. The highest BCUT2D eigenvalue weighted by atomic mass is 19.1. The van der Waals surface area contributed by atoms with E-state index < -0.39 is 6.67 Å². The van der Waals surface area contributed by atoms with Crippen LogP contribution in [-0.2, 0) is 19.8 Å². The minimum atomic E-state index is -0.508. The average molecular weight is 303 g/mol. The summed E-state index contributed by atoms with van der Waals surface area (Å²) in [6.45, 7) is 1.80. The number of benzene rings is 1. The third-order valence-electron chi connectivity index (χ3n) is 3.21. The van der Waals surface area contributed by atoms with Crippen molar-refractivity contribution >= 4 is 5.96 Å². The molecule has 1 aromatic heterocycles. The van der Waals surface area contributed by atoms with Crippen molar-refractivity contribution in [3.63, 3.8) is 0 Å². The molecule has 0 fully saturated rings. The van der Waals surface area contributed by atoms with Gasteiger partial charge < -0.3 is 11.5 Å². The number of hydrogen-bond acceptors (Lipinski definition) is 3. The molecule has 0 saturated heterocycles. The van der Waals surface area contributed by atoms with Gasteiger partial charge in [-0.1, -0.05) is 24.3 Å². The number of aliphatic imine (C=N–C) groups is 1. The highest BCUT2D eigenvalue weighted by Gasteiger charge is 2.06. The van der Waals surface area contributed by atoms with Gasteiger partial charge in [-0.25, -0.2) is 14.1 Å². The Balaban J connectivity index is 2.27. The molecule has 0 radical (unpaired) electrons. The Kier molecular flexibility index (Phi) is 4.88. The number of hydrogen-bond donors (Lipinski definition) is 2. The Labute approximate surface area is 127 Å². The summed E-state index contributed by atoms with van der Waals surface area (Å²) in [7, 11) is 0. The molecule has 22 heavy (non-hydrogen) atoms. The Bertz CT molecular complexity index is 733. The molecular weight excluding hydrogens is 285 g/mol. The summed E-state index contributed by atoms with van der Waals surface area (Å²) in [5.41, 5.74) is 13.2. The second-order valence-corrected chi connectivity index (χ2v) is 4.96. The molecule has 0 aliphatic heterocycles. The topological polar surface area (TPSA) is 99.3 Å². The molecule has 2 rings (SSSR count). The average Bonchev–Trinajstić information content (AvgIpc) is 2.49. The first-order valence-corrected chi connectivity index (χ1v) is 6.76. The predicted octanol–water partition coefficient (Wildman–Crippen LogP) is 0.843. The number of aromatic nitrogens is 2. The minimum absolute atomic E-state index is 0.0271. The van der Waals surface area contributed by atoms with Gasteiger partial charge in [0.1, 0.15) is 6.67 Å². The van der Waals surface area contributed by atoms with Gasteiger partial charge in [-0.05, 0) is 23.6 Å². The van der Waals surface area contributed by atoms with E-state index in [9.17, 15) is 9.18 Å². The number of aryl methyl sites for hydroxylation is 1. The van der Waals surface area contributed by atoms with Crippen molar-refractivity contribution in [3.8, 4) is 0 Å². The maximum absolute atomic E-state index is 12.5. The molecule has 0 aliphatic carbocycles. The molecule has 116 valence electrons. The van der Waals surface area contributed by atoms with Crippen LogP contribution in [0.25, 0.3) is 0 Å². The van der Waals surface area contributed by atoms with E-state index in [1.165, 1.54) is 10.7 Å². The van der Waals surface area contributed by atoms with Crippen molar-refractivity contribution < 1.29 is 4.39 Å². The van der Waals surface area contributed by atoms with Crippen LogP contribution in [0.3, 0.4) is 0 Å². The van der Waals surface area contributed by atoms with E-state index in [-0.39, 0.29) is 18.1 Å². The van der Waals surface area contributed by atoms with Crippen LogP contribution in [-0.4, -0.2) is 15.7 Å². The van der Waals surface area contributed by atoms with Gasteiger partial charge in [0, 0.05) is 6.07 Å². The van der Waals surface area contributed by atoms with Gasteiger partial charge in [0.2, 0.25) is 0 Å². The van der Waals surface area contributed by atoms with E-state index in [4.69, 9.17) is 11.5 Å². The fraction of sp³-hybridized carbons (Fsp3) is 0.267. The smallest absolute Gasteiger partial charge is 0.267 e. The quantitative estimate of drug-likeness (QED) is 0.631. The van der Waals surface area contributed by atoms with Gasteiger partial charge in [-0.15, -0.1) is 0 Å². The first kappa shape index (κ1) is 15.7. The molecule has 0 aliphatic rings. The van der Waals surface area contributed by atoms with Crippen LogP contribution in [0.1, 0.15) is 22.4 Å². The predicted molar refractivity (Wildman–Crippen MR) is 83.1 cm³/mol. The van der Waals surface area contributed by atoms with Gasteiger partial charge >= 0.3 is 0 Å². The number of nitrogens with zero attached hydrogens (tertiary/aromatic N) is 3. The lowest BCUT2D eigenvalue weighted by molar-refractivity contribution is 0.485. The summed E-state index contributed by atoms with van der Waals surface area (Å²) in [6.07, 6.45) is 0. The molecule has 4 N–H and O–H groups in total. The zero-order valence-corrected chi connectivity index (χ0v) is 12.3. The number of nitrogens with two attached hydrogens (primary N) is 2. The fourth-order valence-electron chi connectivity index (χ4n) is 1.96. The number of guanidine groups is 1. The Morgan fingerprint density at radius 2 is 1.91 bits per heavy atom. The maximum Gasteiger partial charge on any atom is 0.267 e. The zero-order valence-electron chi connectivity index (χ0n) is 12.3. The van der Waals surface area contributed by atoms with Gasteiger partial charge in [0.15, 0.2) is 5.96 Å². The largest absolute Gasteiger partial charge is 0.370 e. The monoisotopic (exact) mass is 303 g/mol. The molecule has 6 nitrogen and oxygen atoms in total. The van der Waals surface area contributed by atoms with Gasteiger partial charge in [-0.2, -0.15) is 5.10 Å². The third-order valence-corrected chi connectivity index (χ3v) is 3.21. The third kappa shape index (κ3) is 3.91. The second kappa shape index (κ2) is 6.84. The lowest BCUT2D eigenvalue weighted by Crippen LogP contribution is -2.26. The number of halogens is 1. The van der Waals surface area contributed by atoms with Gasteiger partial charge in [0.25, 0.3) is 5.56 Å². The van der Waals surface area contributed by atoms with Crippen LogP contribution in [0.2, 0.25) is 0 Å². The van der Waals surface area contributed by atoms with E-state index in [0.717, 1.165) is 11.1 Å². The van der Waals surface area contributed by atoms with Crippen molar-refractivity contribution in [1.82, 2.24) is 9.78 Å². The summed E-state index contributed by atoms with van der Waals surface area (Å²) in [6, 6.07) is 8.43. The number of rotatable bonds is 5. The minimum Gasteiger partial charge on any atom is -0.370 e. The summed E-state index contributed by atoms with van der Waals surface area (Å²) >= 11 is 0. The normalized spacial score (nSPS) is 10.5. The first-order chi connectivity index (χ1) is 10.5. The highest BCUT2D eigenvalue weighted by molar-refractivity contribution is 5.75. The van der Waals surface area contributed by atoms with E-state index in [2.05, 4.69) is 10.1 Å². The van der Waals surface area contributed by atoms with Crippen molar-refractivity contribution in [1.29, 1.82) is 0 Å². The molecule has 0 bridgehead atoms. The second-order valence-electron chi connectivity index (χ2n) is 4.96. The van der Waals surface area contributed by atoms with Crippen LogP contribution in [0.15, 0.2) is 40.1 Å². The standard InChI is InChI=1S/C15H18FN5O/c1-10-6-14(22)21(20-13(10)8-19-15(17)18)9-12-4-2-11(7-16)3-5-12/h2-6H,7-9H2,1H3,(H4,17,18,19). The van der Waals surface area contributed by atoms with E-state index in [1.807, 2.05) is 0 Å². The van der Waals surface area contributed by atoms with Crippen LogP contribution in [0, 0.1) is 6.92 Å². The summed E-state index contributed by atoms with van der Waals surface area (Å²) in [4.78, 5) is 15.9. The molecule has 0 atom stereocenters. The maximum atomic E-state index is 12.5. The molecule has 7 heteroatoms. The lowest BCUT2D eigenvalue weighted by Gasteiger charge is -2.09. The summed E-state index contributed by atoms with van der Waals surface area (Å²) < 4.78 is 13.8. The van der Waals surface area contributed by atoms with Gasteiger partial charge in [0.05, 0.1) is 18.8 Å². The summed E-state index contributed by atoms with van der Waals surface area (Å²) in [5, 5.41) is 4.29. The molecule has 0 saturated carbocycles. The Morgan fingerprint density at radius 1 is 1.27 bits per heavy atom. The number of alkyl halides is 1. The van der Waals surface area contributed by atoms with Crippen molar-refractivity contribution in [2.24, 2.45) is 16.5 Å². The first-order valence-electron chi connectivity index (χ1n) is 6.76. The van der Waals surface area contributed by atoms with Crippen molar-refractivity contribution in [3.05, 3.63) is 63.1 Å². The van der Waals surface area contributed by atoms with E-state index >= 15 is 0 Å². The van der Waals surface area contributed by atoms with Crippen molar-refractivity contribution in [2.75, 3.05) is 0 Å². The fourth-order valence-corrected chi connectivity index (χ4v) is 1.96. The molecule has 2 aromatic rings. The Hall–Kier alpha value is -2.70. The SMILES string of the molecule is Cc1cc(=O)n(Cc2ccc(CF)cc2)nc1CN=C(N)N. The lowest BCUT2D eigenvalue weighted by atomic mass is 10.1. The van der Waals surface area contributed by atoms with E-state index in [1.54, 1.807) is 31.2 Å². The molecule has 0 unspecified atom stereocenters. The van der Waals surface area contributed by atoms with Crippen LogP contribution < -0.4 is 17.0 Å².